The fraction of sp³-hybridized carbons (Fsp3) is 0.765. The van der Waals surface area contributed by atoms with Gasteiger partial charge in [-0.1, -0.05) is 142 Å². The molecule has 0 saturated carbocycles. The Morgan fingerprint density at radius 3 is 1.37 bits per heavy atom. The molecule has 0 amide bonds. The van der Waals surface area contributed by atoms with Crippen molar-refractivity contribution >= 4 is 11.9 Å². The summed E-state index contributed by atoms with van der Waals surface area (Å²) in [5, 5.41) is 0. The molecular formula is C34H58O4. The number of hydrogen-bond donors (Lipinski definition) is 0. The van der Waals surface area contributed by atoms with Crippen LogP contribution in [-0.2, 0) is 9.47 Å². The summed E-state index contributed by atoms with van der Waals surface area (Å²) in [5.41, 5.74) is 0.604. The first-order chi connectivity index (χ1) is 18.6. The number of ether oxygens (including phenoxy) is 2. The van der Waals surface area contributed by atoms with Crippen molar-refractivity contribution in [3.63, 3.8) is 0 Å². The molecule has 4 nitrogen and oxygen atoms in total. The van der Waals surface area contributed by atoms with Gasteiger partial charge in [0.2, 0.25) is 0 Å². The third kappa shape index (κ3) is 16.9. The zero-order chi connectivity index (χ0) is 27.7. The zero-order valence-electron chi connectivity index (χ0n) is 25.1. The van der Waals surface area contributed by atoms with Crippen LogP contribution in [0.4, 0.5) is 0 Å². The summed E-state index contributed by atoms with van der Waals surface area (Å²) in [7, 11) is 0. The summed E-state index contributed by atoms with van der Waals surface area (Å²) in [5.74, 6) is -0.489. The molecule has 1 aromatic carbocycles. The molecule has 0 aliphatic rings. The van der Waals surface area contributed by atoms with Gasteiger partial charge in [0.1, 0.15) is 0 Å². The number of unbranched alkanes of at least 4 members (excludes halogenated alkanes) is 15. The van der Waals surface area contributed by atoms with Gasteiger partial charge >= 0.3 is 11.9 Å². The van der Waals surface area contributed by atoms with Crippen LogP contribution in [0, 0.1) is 5.92 Å². The SMILES string of the molecule is CCCCCCCCCCCCCCCCCCOC(=O)c1ccccc1C(=O)OCC(CCC)CCC. The number of carbonyl (C=O) groups is 2. The average Bonchev–Trinajstić information content (AvgIpc) is 2.93. The third-order valence-corrected chi connectivity index (χ3v) is 7.44. The number of carbonyl (C=O) groups excluding carboxylic acids is 2. The maximum Gasteiger partial charge on any atom is 0.339 e. The van der Waals surface area contributed by atoms with E-state index < -0.39 is 11.9 Å². The number of rotatable bonds is 25. The molecule has 0 N–H and O–H groups in total. The van der Waals surface area contributed by atoms with Gasteiger partial charge in [-0.25, -0.2) is 9.59 Å². The van der Waals surface area contributed by atoms with Crippen molar-refractivity contribution < 1.29 is 19.1 Å². The van der Waals surface area contributed by atoms with Crippen molar-refractivity contribution in [1.82, 2.24) is 0 Å². The monoisotopic (exact) mass is 530 g/mol. The summed E-state index contributed by atoms with van der Waals surface area (Å²) in [4.78, 5) is 25.3. The van der Waals surface area contributed by atoms with Crippen LogP contribution in [0.1, 0.15) is 170 Å². The van der Waals surface area contributed by atoms with Crippen LogP contribution in [0.5, 0.6) is 0 Å². The maximum atomic E-state index is 12.7. The predicted octanol–water partition coefficient (Wildman–Crippen LogP) is 10.5. The van der Waals surface area contributed by atoms with Gasteiger partial charge in [-0.15, -0.1) is 0 Å². The molecule has 0 saturated heterocycles. The number of benzene rings is 1. The lowest BCUT2D eigenvalue weighted by Crippen LogP contribution is -2.18. The second kappa shape index (κ2) is 24.2. The van der Waals surface area contributed by atoms with Crippen LogP contribution in [0.2, 0.25) is 0 Å². The largest absolute Gasteiger partial charge is 0.462 e. The minimum atomic E-state index is -0.433. The summed E-state index contributed by atoms with van der Waals surface area (Å²) in [6, 6.07) is 6.84. The first-order valence-corrected chi connectivity index (χ1v) is 16.1. The standard InChI is InChI=1S/C34H58O4/c1-4-7-8-9-10-11-12-13-14-15-16-17-18-19-20-23-28-37-33(35)31-26-21-22-27-32(31)34(36)38-29-30(24-5-2)25-6-3/h21-22,26-27,30H,4-20,23-25,28-29H2,1-3H3. The van der Waals surface area contributed by atoms with Crippen LogP contribution in [0.15, 0.2) is 24.3 Å². The Morgan fingerprint density at radius 2 is 0.947 bits per heavy atom. The molecular weight excluding hydrogens is 472 g/mol. The highest BCUT2D eigenvalue weighted by atomic mass is 16.5. The van der Waals surface area contributed by atoms with E-state index in [9.17, 15) is 9.59 Å². The summed E-state index contributed by atoms with van der Waals surface area (Å²) in [6.45, 7) is 7.38. The third-order valence-electron chi connectivity index (χ3n) is 7.44. The number of hydrogen-bond acceptors (Lipinski definition) is 4. The van der Waals surface area contributed by atoms with E-state index in [1.165, 1.54) is 89.9 Å². The lowest BCUT2D eigenvalue weighted by Gasteiger charge is -2.16. The van der Waals surface area contributed by atoms with E-state index >= 15 is 0 Å². The van der Waals surface area contributed by atoms with E-state index in [-0.39, 0.29) is 0 Å². The summed E-state index contributed by atoms with van der Waals surface area (Å²) >= 11 is 0. The van der Waals surface area contributed by atoms with Gasteiger partial charge in [-0.3, -0.25) is 0 Å². The van der Waals surface area contributed by atoms with Crippen molar-refractivity contribution in [3.8, 4) is 0 Å². The van der Waals surface area contributed by atoms with Crippen molar-refractivity contribution in [2.75, 3.05) is 13.2 Å². The molecule has 0 radical (unpaired) electrons. The Hall–Kier alpha value is -1.84. The lowest BCUT2D eigenvalue weighted by molar-refractivity contribution is 0.0402. The highest BCUT2D eigenvalue weighted by Crippen LogP contribution is 2.18. The van der Waals surface area contributed by atoms with Crippen LogP contribution in [-0.4, -0.2) is 25.2 Å². The fourth-order valence-corrected chi connectivity index (χ4v) is 5.13. The predicted molar refractivity (Wildman–Crippen MR) is 160 cm³/mol. The zero-order valence-corrected chi connectivity index (χ0v) is 25.1. The number of esters is 2. The van der Waals surface area contributed by atoms with E-state index in [0.29, 0.717) is 30.3 Å². The smallest absolute Gasteiger partial charge is 0.339 e. The maximum absolute atomic E-state index is 12.7. The van der Waals surface area contributed by atoms with E-state index in [1.54, 1.807) is 24.3 Å². The molecule has 0 atom stereocenters. The van der Waals surface area contributed by atoms with Crippen LogP contribution < -0.4 is 0 Å². The quantitative estimate of drug-likeness (QED) is 0.0931. The Balaban J connectivity index is 2.12. The van der Waals surface area contributed by atoms with Gasteiger partial charge < -0.3 is 9.47 Å². The molecule has 0 aliphatic carbocycles. The molecule has 0 aliphatic heterocycles. The van der Waals surface area contributed by atoms with Crippen molar-refractivity contribution in [2.24, 2.45) is 5.92 Å². The highest BCUT2D eigenvalue weighted by molar-refractivity contribution is 6.03. The summed E-state index contributed by atoms with van der Waals surface area (Å²) < 4.78 is 11.1. The molecule has 0 spiro atoms. The van der Waals surface area contributed by atoms with Gasteiger partial charge in [0.15, 0.2) is 0 Å². The van der Waals surface area contributed by atoms with Gasteiger partial charge in [-0.05, 0) is 37.3 Å². The minimum absolute atomic E-state index is 0.302. The lowest BCUT2D eigenvalue weighted by atomic mass is 9.99. The van der Waals surface area contributed by atoms with Gasteiger partial charge in [0, 0.05) is 0 Å². The van der Waals surface area contributed by atoms with E-state index in [0.717, 1.165) is 38.5 Å². The Morgan fingerprint density at radius 1 is 0.553 bits per heavy atom. The summed E-state index contributed by atoms with van der Waals surface area (Å²) in [6.07, 6.45) is 25.3. The van der Waals surface area contributed by atoms with Crippen LogP contribution >= 0.6 is 0 Å². The highest BCUT2D eigenvalue weighted by Gasteiger charge is 2.20. The first kappa shape index (κ1) is 34.2. The van der Waals surface area contributed by atoms with Crippen molar-refractivity contribution in [3.05, 3.63) is 35.4 Å². The Bertz CT molecular complexity index is 708. The topological polar surface area (TPSA) is 52.6 Å². The normalized spacial score (nSPS) is 11.2. The fourth-order valence-electron chi connectivity index (χ4n) is 5.13. The molecule has 0 bridgehead atoms. The average molecular weight is 531 g/mol. The van der Waals surface area contributed by atoms with E-state index in [2.05, 4.69) is 20.8 Å². The van der Waals surface area contributed by atoms with Crippen molar-refractivity contribution in [2.45, 2.75) is 149 Å². The molecule has 0 unspecified atom stereocenters. The van der Waals surface area contributed by atoms with Crippen LogP contribution in [0.25, 0.3) is 0 Å². The molecule has 1 rings (SSSR count). The van der Waals surface area contributed by atoms with Gasteiger partial charge in [0.05, 0.1) is 24.3 Å². The molecule has 1 aromatic rings. The molecule has 0 fully saturated rings. The van der Waals surface area contributed by atoms with Crippen molar-refractivity contribution in [1.29, 1.82) is 0 Å². The molecule has 0 heterocycles. The minimum Gasteiger partial charge on any atom is -0.462 e. The van der Waals surface area contributed by atoms with Crippen LogP contribution in [0.3, 0.4) is 0 Å². The first-order valence-electron chi connectivity index (χ1n) is 16.1. The van der Waals surface area contributed by atoms with Gasteiger partial charge in [0.25, 0.3) is 0 Å². The Labute approximate surface area is 234 Å². The second-order valence-corrected chi connectivity index (χ2v) is 11.0. The van der Waals surface area contributed by atoms with E-state index in [1.807, 2.05) is 0 Å². The Kier molecular flexibility index (Phi) is 21.8. The molecule has 0 aromatic heterocycles. The second-order valence-electron chi connectivity index (χ2n) is 11.0. The molecule has 38 heavy (non-hydrogen) atoms. The van der Waals surface area contributed by atoms with Gasteiger partial charge in [-0.2, -0.15) is 0 Å². The molecule has 218 valence electrons. The van der Waals surface area contributed by atoms with E-state index in [4.69, 9.17) is 9.47 Å². The molecule has 4 heteroatoms.